The van der Waals surface area contributed by atoms with Crippen LogP contribution in [0.4, 0.5) is 5.69 Å². The molecule has 0 bridgehead atoms. The topological polar surface area (TPSA) is 86.8 Å². The molecule has 0 spiro atoms. The molecule has 0 radical (unpaired) electrons. The van der Waals surface area contributed by atoms with E-state index in [-0.39, 0.29) is 33.1 Å². The highest BCUT2D eigenvalue weighted by Gasteiger charge is 2.34. The maximum Gasteiger partial charge on any atom is 0.264 e. The lowest BCUT2D eigenvalue weighted by atomic mass is 10.1. The van der Waals surface area contributed by atoms with E-state index in [0.717, 1.165) is 28.3 Å². The smallest absolute Gasteiger partial charge is 0.264 e. The number of anilines is 1. The van der Waals surface area contributed by atoms with Gasteiger partial charge in [-0.3, -0.25) is 13.9 Å². The first-order valence-corrected chi connectivity index (χ1v) is 15.4. The second-order valence-electron chi connectivity index (χ2n) is 9.44. The Morgan fingerprint density at radius 3 is 2.23 bits per heavy atom. The van der Waals surface area contributed by atoms with Gasteiger partial charge in [0.15, 0.2) is 0 Å². The Labute approximate surface area is 247 Å². The number of sulfonamides is 1. The molecule has 3 aromatic rings. The third-order valence-corrected chi connectivity index (χ3v) is 9.15. The van der Waals surface area contributed by atoms with E-state index in [2.05, 4.69) is 5.32 Å². The number of hydrogen-bond acceptors (Lipinski definition) is 4. The number of nitrogens with one attached hydrogen (secondary N) is 1. The lowest BCUT2D eigenvalue weighted by Gasteiger charge is -2.33. The van der Waals surface area contributed by atoms with Gasteiger partial charge in [-0.2, -0.15) is 0 Å². The van der Waals surface area contributed by atoms with Crippen molar-refractivity contribution in [2.24, 2.45) is 0 Å². The predicted molar refractivity (Wildman–Crippen MR) is 161 cm³/mol. The van der Waals surface area contributed by atoms with Crippen LogP contribution in [0.25, 0.3) is 0 Å². The Morgan fingerprint density at radius 2 is 1.60 bits per heavy atom. The van der Waals surface area contributed by atoms with Crippen LogP contribution in [-0.2, 0) is 26.2 Å². The zero-order valence-corrected chi connectivity index (χ0v) is 25.3. The van der Waals surface area contributed by atoms with Crippen LogP contribution in [0.3, 0.4) is 0 Å². The van der Waals surface area contributed by atoms with Crippen molar-refractivity contribution in [3.05, 3.63) is 94.0 Å². The SMILES string of the molecule is CCCCNC(=O)[C@@H](CC)N(Cc1ccccc1C)C(=O)CN(c1ccc(Cl)c(Cl)c1)S(=O)(=O)c1ccccc1. The van der Waals surface area contributed by atoms with Crippen molar-refractivity contribution in [2.45, 2.75) is 57.5 Å². The molecule has 0 saturated heterocycles. The van der Waals surface area contributed by atoms with Gasteiger partial charge in [-0.1, -0.05) is 85.9 Å². The monoisotopic (exact) mass is 603 g/mol. The molecule has 0 fully saturated rings. The van der Waals surface area contributed by atoms with E-state index in [1.807, 2.05) is 45.0 Å². The van der Waals surface area contributed by atoms with Crippen molar-refractivity contribution in [2.75, 3.05) is 17.4 Å². The molecule has 7 nitrogen and oxygen atoms in total. The number of rotatable bonds is 13. The number of amides is 2. The Hall–Kier alpha value is -3.07. The minimum atomic E-state index is -4.18. The minimum Gasteiger partial charge on any atom is -0.354 e. The highest BCUT2D eigenvalue weighted by Crippen LogP contribution is 2.31. The number of benzene rings is 3. The summed E-state index contributed by atoms with van der Waals surface area (Å²) in [5, 5.41) is 3.33. The molecule has 0 aliphatic carbocycles. The summed E-state index contributed by atoms with van der Waals surface area (Å²) in [4.78, 5) is 28.8. The lowest BCUT2D eigenvalue weighted by molar-refractivity contribution is -0.140. The summed E-state index contributed by atoms with van der Waals surface area (Å²) in [6.45, 7) is 5.89. The number of carbonyl (C=O) groups excluding carboxylic acids is 2. The van der Waals surface area contributed by atoms with Crippen LogP contribution < -0.4 is 9.62 Å². The molecule has 40 heavy (non-hydrogen) atoms. The molecule has 0 aliphatic rings. The van der Waals surface area contributed by atoms with Crippen LogP contribution in [0.1, 0.15) is 44.2 Å². The van der Waals surface area contributed by atoms with Crippen molar-refractivity contribution in [3.63, 3.8) is 0 Å². The average molecular weight is 605 g/mol. The predicted octanol–water partition coefficient (Wildman–Crippen LogP) is 6.22. The van der Waals surface area contributed by atoms with Gasteiger partial charge in [-0.15, -0.1) is 0 Å². The van der Waals surface area contributed by atoms with Gasteiger partial charge in [-0.25, -0.2) is 8.42 Å². The van der Waals surface area contributed by atoms with Crippen LogP contribution >= 0.6 is 23.2 Å². The van der Waals surface area contributed by atoms with Gasteiger partial charge in [0.1, 0.15) is 12.6 Å². The summed E-state index contributed by atoms with van der Waals surface area (Å²) in [6, 6.07) is 19.1. The molecule has 2 amide bonds. The molecule has 0 aromatic heterocycles. The summed E-state index contributed by atoms with van der Waals surface area (Å²) < 4.78 is 28.7. The molecule has 10 heteroatoms. The molecule has 3 rings (SSSR count). The van der Waals surface area contributed by atoms with Crippen LogP contribution in [0.2, 0.25) is 10.0 Å². The first-order chi connectivity index (χ1) is 19.1. The van der Waals surface area contributed by atoms with E-state index < -0.39 is 28.5 Å². The molecular weight excluding hydrogens is 569 g/mol. The highest BCUT2D eigenvalue weighted by atomic mass is 35.5. The first kappa shape index (κ1) is 31.5. The third-order valence-electron chi connectivity index (χ3n) is 6.62. The zero-order valence-electron chi connectivity index (χ0n) is 22.9. The normalized spacial score (nSPS) is 12.0. The van der Waals surface area contributed by atoms with Crippen molar-refractivity contribution >= 4 is 50.7 Å². The standard InChI is InChI=1S/C30H35Cl2N3O4S/c1-4-6-18-33-30(37)28(5-2)34(20-23-13-11-10-12-22(23)3)29(36)21-35(24-16-17-26(31)27(32)19-24)40(38,39)25-14-8-7-9-15-25/h7-17,19,28H,4-6,18,20-21H2,1-3H3,(H,33,37)/t28-/m1/s1. The molecule has 3 aromatic carbocycles. The quantitative estimate of drug-likeness (QED) is 0.235. The number of hydrogen-bond donors (Lipinski definition) is 1. The van der Waals surface area contributed by atoms with E-state index in [1.54, 1.807) is 18.2 Å². The van der Waals surface area contributed by atoms with E-state index >= 15 is 0 Å². The molecule has 0 aliphatic heterocycles. The molecular formula is C30H35Cl2N3O4S. The summed E-state index contributed by atoms with van der Waals surface area (Å²) in [5.74, 6) is -0.795. The van der Waals surface area contributed by atoms with Gasteiger partial charge < -0.3 is 10.2 Å². The number of unbranched alkanes of at least 4 members (excludes halogenated alkanes) is 1. The molecule has 1 atom stereocenters. The Morgan fingerprint density at radius 1 is 0.925 bits per heavy atom. The summed E-state index contributed by atoms with van der Waals surface area (Å²) in [6.07, 6.45) is 2.08. The summed E-state index contributed by atoms with van der Waals surface area (Å²) in [7, 11) is -4.18. The Balaban J connectivity index is 2.06. The summed E-state index contributed by atoms with van der Waals surface area (Å²) in [5.41, 5.74) is 2.00. The highest BCUT2D eigenvalue weighted by molar-refractivity contribution is 7.92. The van der Waals surface area contributed by atoms with E-state index in [1.165, 1.54) is 35.2 Å². The largest absolute Gasteiger partial charge is 0.354 e. The van der Waals surface area contributed by atoms with Gasteiger partial charge in [0.05, 0.1) is 20.6 Å². The second-order valence-corrected chi connectivity index (χ2v) is 12.1. The second kappa shape index (κ2) is 14.5. The number of carbonyl (C=O) groups is 2. The van der Waals surface area contributed by atoms with Gasteiger partial charge in [0.25, 0.3) is 10.0 Å². The van der Waals surface area contributed by atoms with Crippen LogP contribution in [0.15, 0.2) is 77.7 Å². The van der Waals surface area contributed by atoms with Crippen LogP contribution in [0, 0.1) is 6.92 Å². The fourth-order valence-electron chi connectivity index (χ4n) is 4.29. The van der Waals surface area contributed by atoms with E-state index in [4.69, 9.17) is 23.2 Å². The fourth-order valence-corrected chi connectivity index (χ4v) is 6.00. The molecule has 0 heterocycles. The van der Waals surface area contributed by atoms with E-state index in [0.29, 0.717) is 13.0 Å². The number of nitrogens with zero attached hydrogens (tertiary/aromatic N) is 2. The van der Waals surface area contributed by atoms with Gasteiger partial charge >= 0.3 is 0 Å². The number of halogens is 2. The Bertz CT molecular complexity index is 1420. The van der Waals surface area contributed by atoms with Crippen LogP contribution in [0.5, 0.6) is 0 Å². The molecule has 1 N–H and O–H groups in total. The zero-order chi connectivity index (χ0) is 29.3. The Kier molecular flexibility index (Phi) is 11.4. The van der Waals surface area contributed by atoms with Crippen molar-refractivity contribution < 1.29 is 18.0 Å². The van der Waals surface area contributed by atoms with Gasteiger partial charge in [-0.05, 0) is 61.2 Å². The van der Waals surface area contributed by atoms with Gasteiger partial charge in [0.2, 0.25) is 11.8 Å². The van der Waals surface area contributed by atoms with Crippen molar-refractivity contribution in [1.82, 2.24) is 10.2 Å². The third kappa shape index (κ3) is 7.77. The van der Waals surface area contributed by atoms with Gasteiger partial charge in [0, 0.05) is 13.1 Å². The summed E-state index contributed by atoms with van der Waals surface area (Å²) >= 11 is 12.4. The maximum absolute atomic E-state index is 14.1. The van der Waals surface area contributed by atoms with Crippen molar-refractivity contribution in [3.8, 4) is 0 Å². The fraction of sp³-hybridized carbons (Fsp3) is 0.333. The molecule has 214 valence electrons. The van der Waals surface area contributed by atoms with Crippen LogP contribution in [-0.4, -0.2) is 44.3 Å². The number of aryl methyl sites for hydroxylation is 1. The molecule has 0 unspecified atom stereocenters. The molecule has 0 saturated carbocycles. The average Bonchev–Trinajstić information content (AvgIpc) is 2.94. The minimum absolute atomic E-state index is 0.0173. The maximum atomic E-state index is 14.1. The lowest BCUT2D eigenvalue weighted by Crippen LogP contribution is -2.52. The van der Waals surface area contributed by atoms with Crippen molar-refractivity contribution in [1.29, 1.82) is 0 Å². The van der Waals surface area contributed by atoms with E-state index in [9.17, 15) is 18.0 Å². The first-order valence-electron chi connectivity index (χ1n) is 13.2.